The molecule has 0 amide bonds. The van der Waals surface area contributed by atoms with Crippen molar-refractivity contribution in [2.24, 2.45) is 11.8 Å². The lowest BCUT2D eigenvalue weighted by Crippen LogP contribution is -2.58. The smallest absolute Gasteiger partial charge is 0.327 e. The third-order valence-corrected chi connectivity index (χ3v) is 4.32. The summed E-state index contributed by atoms with van der Waals surface area (Å²) in [7, 11) is 1.46. The van der Waals surface area contributed by atoms with Crippen LogP contribution in [-0.2, 0) is 9.53 Å². The van der Waals surface area contributed by atoms with Gasteiger partial charge >= 0.3 is 5.97 Å². The van der Waals surface area contributed by atoms with Gasteiger partial charge in [0.15, 0.2) is 0 Å². The third-order valence-electron chi connectivity index (χ3n) is 4.32. The average Bonchev–Trinajstić information content (AvgIpc) is 2.38. The van der Waals surface area contributed by atoms with Crippen molar-refractivity contribution < 1.29 is 9.53 Å². The fourth-order valence-corrected chi connectivity index (χ4v) is 3.03. The number of nitrogens with one attached hydrogen (secondary N) is 1. The van der Waals surface area contributed by atoms with Crippen molar-refractivity contribution in [3.8, 4) is 0 Å². The van der Waals surface area contributed by atoms with Gasteiger partial charge in [-0.1, -0.05) is 20.8 Å². The predicted octanol–water partition coefficient (Wildman–Crippen LogP) is 1.90. The molecule has 1 unspecified atom stereocenters. The number of ether oxygens (including phenoxy) is 1. The molecule has 1 saturated heterocycles. The highest BCUT2D eigenvalue weighted by Gasteiger charge is 2.36. The van der Waals surface area contributed by atoms with Crippen LogP contribution in [0.15, 0.2) is 0 Å². The molecule has 1 aliphatic rings. The highest BCUT2D eigenvalue weighted by molar-refractivity contribution is 5.80. The van der Waals surface area contributed by atoms with Gasteiger partial charge in [-0.2, -0.15) is 0 Å². The standard InChI is InChI=1S/C15H30N2O2/c1-6-16-15(4,14(18)19-5)11-17-9-7-13(8-10-17)12(2)3/h12-13,16H,6-11H2,1-5H3. The van der Waals surface area contributed by atoms with E-state index in [0.717, 1.165) is 38.0 Å². The molecule has 0 radical (unpaired) electrons. The van der Waals surface area contributed by atoms with E-state index in [-0.39, 0.29) is 5.97 Å². The summed E-state index contributed by atoms with van der Waals surface area (Å²) in [5.41, 5.74) is -0.589. The van der Waals surface area contributed by atoms with Gasteiger partial charge in [0, 0.05) is 6.54 Å². The Morgan fingerprint density at radius 1 is 1.42 bits per heavy atom. The van der Waals surface area contributed by atoms with Gasteiger partial charge in [-0.25, -0.2) is 0 Å². The van der Waals surface area contributed by atoms with E-state index < -0.39 is 5.54 Å². The molecule has 0 aromatic carbocycles. The summed E-state index contributed by atoms with van der Waals surface area (Å²) in [5, 5.41) is 3.27. The molecule has 0 spiro atoms. The summed E-state index contributed by atoms with van der Waals surface area (Å²) < 4.78 is 4.94. The number of methoxy groups -OCH3 is 1. The molecule has 112 valence electrons. The fourth-order valence-electron chi connectivity index (χ4n) is 3.03. The van der Waals surface area contributed by atoms with E-state index in [9.17, 15) is 4.79 Å². The molecule has 4 heteroatoms. The summed E-state index contributed by atoms with van der Waals surface area (Å²) in [6.45, 7) is 12.2. The zero-order valence-corrected chi connectivity index (χ0v) is 13.2. The normalized spacial score (nSPS) is 21.4. The second-order valence-electron chi connectivity index (χ2n) is 6.21. The molecule has 0 saturated carbocycles. The largest absolute Gasteiger partial charge is 0.468 e. The number of rotatable bonds is 6. The maximum atomic E-state index is 12.0. The summed E-state index contributed by atoms with van der Waals surface area (Å²) in [6.07, 6.45) is 2.47. The second kappa shape index (κ2) is 7.25. The van der Waals surface area contributed by atoms with Gasteiger partial charge in [0.1, 0.15) is 5.54 Å². The van der Waals surface area contributed by atoms with Crippen LogP contribution in [0.25, 0.3) is 0 Å². The predicted molar refractivity (Wildman–Crippen MR) is 78.1 cm³/mol. The molecule has 1 fully saturated rings. The van der Waals surface area contributed by atoms with Crippen molar-refractivity contribution in [1.82, 2.24) is 10.2 Å². The molecule has 1 rings (SSSR count). The van der Waals surface area contributed by atoms with Crippen molar-refractivity contribution in [2.45, 2.75) is 46.1 Å². The van der Waals surface area contributed by atoms with Crippen LogP contribution in [0.3, 0.4) is 0 Å². The van der Waals surface area contributed by atoms with Gasteiger partial charge in [0.2, 0.25) is 0 Å². The lowest BCUT2D eigenvalue weighted by Gasteiger charge is -2.38. The van der Waals surface area contributed by atoms with Crippen LogP contribution < -0.4 is 5.32 Å². The Bertz CT molecular complexity index is 286. The summed E-state index contributed by atoms with van der Waals surface area (Å²) in [6, 6.07) is 0. The first-order chi connectivity index (χ1) is 8.92. The van der Waals surface area contributed by atoms with Crippen molar-refractivity contribution in [3.63, 3.8) is 0 Å². The minimum Gasteiger partial charge on any atom is -0.468 e. The van der Waals surface area contributed by atoms with Gasteiger partial charge in [-0.15, -0.1) is 0 Å². The van der Waals surface area contributed by atoms with Gasteiger partial charge in [-0.3, -0.25) is 4.79 Å². The number of carbonyl (C=O) groups excluding carboxylic acids is 1. The number of hydrogen-bond donors (Lipinski definition) is 1. The van der Waals surface area contributed by atoms with Crippen molar-refractivity contribution in [1.29, 1.82) is 0 Å². The number of likely N-dealkylation sites (tertiary alicyclic amines) is 1. The zero-order chi connectivity index (χ0) is 14.5. The molecule has 4 nitrogen and oxygen atoms in total. The van der Waals surface area contributed by atoms with Crippen molar-refractivity contribution >= 4 is 5.97 Å². The molecule has 1 aliphatic heterocycles. The van der Waals surface area contributed by atoms with E-state index in [2.05, 4.69) is 24.1 Å². The molecule has 19 heavy (non-hydrogen) atoms. The minimum absolute atomic E-state index is 0.166. The van der Waals surface area contributed by atoms with Gasteiger partial charge in [-0.05, 0) is 51.2 Å². The highest BCUT2D eigenvalue weighted by Crippen LogP contribution is 2.25. The Balaban J connectivity index is 2.55. The molecule has 1 heterocycles. The first-order valence-corrected chi connectivity index (χ1v) is 7.48. The van der Waals surface area contributed by atoms with Crippen LogP contribution in [0.5, 0.6) is 0 Å². The summed E-state index contributed by atoms with van der Waals surface area (Å²) in [5.74, 6) is 1.43. The van der Waals surface area contributed by atoms with Gasteiger partial charge in [0.05, 0.1) is 7.11 Å². The molecule has 0 aliphatic carbocycles. The highest BCUT2D eigenvalue weighted by atomic mass is 16.5. The molecule has 0 bridgehead atoms. The van der Waals surface area contributed by atoms with E-state index in [1.54, 1.807) is 0 Å². The minimum atomic E-state index is -0.589. The third kappa shape index (κ3) is 4.46. The molecular formula is C15H30N2O2. The maximum Gasteiger partial charge on any atom is 0.327 e. The first-order valence-electron chi connectivity index (χ1n) is 7.48. The van der Waals surface area contributed by atoms with Crippen molar-refractivity contribution in [2.75, 3.05) is 33.3 Å². The Hall–Kier alpha value is -0.610. The average molecular weight is 270 g/mol. The SMILES string of the molecule is CCNC(C)(CN1CCC(C(C)C)CC1)C(=O)OC. The van der Waals surface area contributed by atoms with Crippen LogP contribution in [0, 0.1) is 11.8 Å². The van der Waals surface area contributed by atoms with E-state index in [0.29, 0.717) is 0 Å². The van der Waals surface area contributed by atoms with Crippen LogP contribution in [0.2, 0.25) is 0 Å². The van der Waals surface area contributed by atoms with Crippen LogP contribution in [-0.4, -0.2) is 49.7 Å². The molecule has 0 aromatic rings. The molecular weight excluding hydrogens is 240 g/mol. The van der Waals surface area contributed by atoms with Crippen LogP contribution >= 0.6 is 0 Å². The Morgan fingerprint density at radius 2 is 2.00 bits per heavy atom. The maximum absolute atomic E-state index is 12.0. The first kappa shape index (κ1) is 16.4. The fraction of sp³-hybridized carbons (Fsp3) is 0.933. The second-order valence-corrected chi connectivity index (χ2v) is 6.21. The Morgan fingerprint density at radius 3 is 2.42 bits per heavy atom. The van der Waals surface area contributed by atoms with Crippen LogP contribution in [0.4, 0.5) is 0 Å². The Labute approximate surface area is 117 Å². The lowest BCUT2D eigenvalue weighted by molar-refractivity contribution is -0.149. The van der Waals surface area contributed by atoms with E-state index >= 15 is 0 Å². The molecule has 0 aromatic heterocycles. The number of nitrogens with zero attached hydrogens (tertiary/aromatic N) is 1. The number of carbonyl (C=O) groups is 1. The molecule has 1 N–H and O–H groups in total. The topological polar surface area (TPSA) is 41.6 Å². The number of piperidine rings is 1. The van der Waals surface area contributed by atoms with E-state index in [1.165, 1.54) is 20.0 Å². The Kier molecular flexibility index (Phi) is 6.27. The van der Waals surface area contributed by atoms with Crippen LogP contribution in [0.1, 0.15) is 40.5 Å². The van der Waals surface area contributed by atoms with E-state index in [1.807, 2.05) is 13.8 Å². The summed E-state index contributed by atoms with van der Waals surface area (Å²) >= 11 is 0. The molecule has 1 atom stereocenters. The quantitative estimate of drug-likeness (QED) is 0.749. The summed E-state index contributed by atoms with van der Waals surface area (Å²) in [4.78, 5) is 14.3. The van der Waals surface area contributed by atoms with Gasteiger partial charge < -0.3 is 15.0 Å². The van der Waals surface area contributed by atoms with Gasteiger partial charge in [0.25, 0.3) is 0 Å². The number of esters is 1. The monoisotopic (exact) mass is 270 g/mol. The number of likely N-dealkylation sites (N-methyl/N-ethyl adjacent to an activating group) is 1. The van der Waals surface area contributed by atoms with E-state index in [4.69, 9.17) is 4.74 Å². The lowest BCUT2D eigenvalue weighted by atomic mass is 9.86. The zero-order valence-electron chi connectivity index (χ0n) is 13.2. The van der Waals surface area contributed by atoms with Crippen molar-refractivity contribution in [3.05, 3.63) is 0 Å². The number of hydrogen-bond acceptors (Lipinski definition) is 4.